The Morgan fingerprint density at radius 1 is 1.30 bits per heavy atom. The lowest BCUT2D eigenvalue weighted by Gasteiger charge is -1.80. The minimum Gasteiger partial charge on any atom is -0.252 e. The molecule has 2 aromatic heterocycles. The van der Waals surface area contributed by atoms with Crippen molar-refractivity contribution in [2.24, 2.45) is 0 Å². The van der Waals surface area contributed by atoms with Crippen LogP contribution in [-0.4, -0.2) is 9.97 Å². The zero-order chi connectivity index (χ0) is 6.97. The van der Waals surface area contributed by atoms with Gasteiger partial charge in [-0.05, 0) is 22.0 Å². The first-order valence-electron chi connectivity index (χ1n) is 2.72. The maximum Gasteiger partial charge on any atom is 0.142 e. The third-order valence-electron chi connectivity index (χ3n) is 1.14. The molecule has 2 nitrogen and oxygen atoms in total. The van der Waals surface area contributed by atoms with Crippen molar-refractivity contribution in [2.45, 2.75) is 0 Å². The van der Waals surface area contributed by atoms with Gasteiger partial charge in [-0.1, -0.05) is 0 Å². The Kier molecular flexibility index (Phi) is 1.43. The quantitative estimate of drug-likeness (QED) is 0.674. The van der Waals surface area contributed by atoms with Crippen molar-refractivity contribution in [3.63, 3.8) is 0 Å². The molecule has 50 valence electrons. The van der Waals surface area contributed by atoms with Crippen molar-refractivity contribution in [3.05, 3.63) is 22.2 Å². The number of hydrogen-bond acceptors (Lipinski definition) is 3. The van der Waals surface area contributed by atoms with Crippen LogP contribution in [0.2, 0.25) is 0 Å². The first kappa shape index (κ1) is 6.24. The van der Waals surface area contributed by atoms with Crippen LogP contribution in [0.4, 0.5) is 0 Å². The first-order chi connectivity index (χ1) is 4.86. The zero-order valence-electron chi connectivity index (χ0n) is 4.91. The van der Waals surface area contributed by atoms with Gasteiger partial charge >= 0.3 is 0 Å². The number of halogens is 1. The van der Waals surface area contributed by atoms with Gasteiger partial charge in [-0.25, -0.2) is 4.98 Å². The summed E-state index contributed by atoms with van der Waals surface area (Å²) >= 11 is 4.96. The van der Waals surface area contributed by atoms with E-state index < -0.39 is 0 Å². The van der Waals surface area contributed by atoms with Crippen LogP contribution in [0.15, 0.2) is 22.2 Å². The van der Waals surface area contributed by atoms with E-state index in [2.05, 4.69) is 25.9 Å². The summed E-state index contributed by atoms with van der Waals surface area (Å²) in [5.74, 6) is 0. The molecule has 0 unspecified atom stereocenters. The van der Waals surface area contributed by atoms with Crippen LogP contribution in [0, 0.1) is 0 Å². The van der Waals surface area contributed by atoms with Crippen LogP contribution < -0.4 is 0 Å². The highest BCUT2D eigenvalue weighted by molar-refractivity contribution is 9.11. The van der Waals surface area contributed by atoms with Crippen LogP contribution >= 0.6 is 27.3 Å². The fourth-order valence-corrected chi connectivity index (χ4v) is 2.10. The standard InChI is InChI=1S/C6H3BrN2S/c7-5-3-4-6(10-5)9-2-1-8-4/h1-3H. The van der Waals surface area contributed by atoms with E-state index in [1.54, 1.807) is 23.7 Å². The molecule has 0 fully saturated rings. The number of nitrogens with zero attached hydrogens (tertiary/aromatic N) is 2. The highest BCUT2D eigenvalue weighted by atomic mass is 79.9. The Bertz CT molecular complexity index is 324. The SMILES string of the molecule is Brc1cc2nccnc2s1. The van der Waals surface area contributed by atoms with Crippen molar-refractivity contribution in [1.82, 2.24) is 9.97 Å². The first-order valence-corrected chi connectivity index (χ1v) is 4.33. The molecule has 0 aromatic carbocycles. The van der Waals surface area contributed by atoms with Crippen molar-refractivity contribution in [1.29, 1.82) is 0 Å². The van der Waals surface area contributed by atoms with E-state index in [0.29, 0.717) is 0 Å². The average molecular weight is 215 g/mol. The smallest absolute Gasteiger partial charge is 0.142 e. The Labute approximate surface area is 70.1 Å². The molecule has 0 radical (unpaired) electrons. The molecule has 0 aliphatic heterocycles. The zero-order valence-corrected chi connectivity index (χ0v) is 7.32. The van der Waals surface area contributed by atoms with Crippen molar-refractivity contribution >= 4 is 37.6 Å². The summed E-state index contributed by atoms with van der Waals surface area (Å²) in [6.45, 7) is 0. The molecule has 0 atom stereocenters. The van der Waals surface area contributed by atoms with Gasteiger partial charge in [0.2, 0.25) is 0 Å². The highest BCUT2D eigenvalue weighted by Crippen LogP contribution is 2.25. The minimum atomic E-state index is 0.958. The lowest BCUT2D eigenvalue weighted by molar-refractivity contribution is 1.32. The van der Waals surface area contributed by atoms with Crippen molar-refractivity contribution in [2.75, 3.05) is 0 Å². The molecule has 2 rings (SSSR count). The molecule has 10 heavy (non-hydrogen) atoms. The second kappa shape index (κ2) is 2.29. The summed E-state index contributed by atoms with van der Waals surface area (Å²) < 4.78 is 1.08. The summed E-state index contributed by atoms with van der Waals surface area (Å²) in [6.07, 6.45) is 3.40. The lowest BCUT2D eigenvalue weighted by atomic mass is 10.5. The van der Waals surface area contributed by atoms with Gasteiger partial charge in [0, 0.05) is 12.4 Å². The normalized spacial score (nSPS) is 10.5. The van der Waals surface area contributed by atoms with E-state index >= 15 is 0 Å². The molecule has 0 saturated carbocycles. The molecule has 0 aliphatic carbocycles. The molecule has 0 N–H and O–H groups in total. The van der Waals surface area contributed by atoms with Crippen molar-refractivity contribution in [3.8, 4) is 0 Å². The fraction of sp³-hybridized carbons (Fsp3) is 0. The molecule has 0 saturated heterocycles. The minimum absolute atomic E-state index is 0.958. The van der Waals surface area contributed by atoms with Crippen LogP contribution in [0.1, 0.15) is 0 Å². The number of hydrogen-bond donors (Lipinski definition) is 0. The summed E-state index contributed by atoms with van der Waals surface area (Å²) in [6, 6.07) is 1.97. The summed E-state index contributed by atoms with van der Waals surface area (Å²) in [5.41, 5.74) is 0.958. The molecule has 0 bridgehead atoms. The van der Waals surface area contributed by atoms with E-state index in [1.165, 1.54) is 0 Å². The van der Waals surface area contributed by atoms with Gasteiger partial charge < -0.3 is 0 Å². The summed E-state index contributed by atoms with van der Waals surface area (Å²) in [4.78, 5) is 9.23. The number of fused-ring (bicyclic) bond motifs is 1. The fourth-order valence-electron chi connectivity index (χ4n) is 0.743. The van der Waals surface area contributed by atoms with E-state index in [9.17, 15) is 0 Å². The van der Waals surface area contributed by atoms with Gasteiger partial charge in [0.1, 0.15) is 10.3 Å². The molecular weight excluding hydrogens is 212 g/mol. The summed E-state index contributed by atoms with van der Waals surface area (Å²) in [5, 5.41) is 0. The van der Waals surface area contributed by atoms with E-state index in [1.807, 2.05) is 6.07 Å². The predicted octanol–water partition coefficient (Wildman–Crippen LogP) is 2.45. The molecule has 0 spiro atoms. The molecule has 2 heterocycles. The highest BCUT2D eigenvalue weighted by Gasteiger charge is 1.98. The molecule has 0 amide bonds. The van der Waals surface area contributed by atoms with Gasteiger partial charge in [0.05, 0.1) is 3.79 Å². The Hall–Kier alpha value is -0.480. The van der Waals surface area contributed by atoms with Crippen LogP contribution in [0.5, 0.6) is 0 Å². The van der Waals surface area contributed by atoms with E-state index in [0.717, 1.165) is 14.1 Å². The molecule has 4 heteroatoms. The van der Waals surface area contributed by atoms with Gasteiger partial charge in [-0.3, -0.25) is 4.98 Å². The molecular formula is C6H3BrN2S. The third-order valence-corrected chi connectivity index (χ3v) is 2.67. The molecule has 0 aliphatic rings. The summed E-state index contributed by atoms with van der Waals surface area (Å²) in [7, 11) is 0. The van der Waals surface area contributed by atoms with E-state index in [4.69, 9.17) is 0 Å². The number of thiophene rings is 1. The monoisotopic (exact) mass is 214 g/mol. The predicted molar refractivity (Wildman–Crippen MR) is 45.1 cm³/mol. The lowest BCUT2D eigenvalue weighted by Crippen LogP contribution is -1.72. The van der Waals surface area contributed by atoms with Crippen LogP contribution in [-0.2, 0) is 0 Å². The van der Waals surface area contributed by atoms with Gasteiger partial charge in [-0.2, -0.15) is 0 Å². The number of aromatic nitrogens is 2. The Balaban J connectivity index is 2.88. The van der Waals surface area contributed by atoms with Gasteiger partial charge in [0.25, 0.3) is 0 Å². The van der Waals surface area contributed by atoms with Crippen molar-refractivity contribution < 1.29 is 0 Å². The topological polar surface area (TPSA) is 25.8 Å². The van der Waals surface area contributed by atoms with Gasteiger partial charge in [0.15, 0.2) is 0 Å². The van der Waals surface area contributed by atoms with Crippen LogP contribution in [0.3, 0.4) is 0 Å². The van der Waals surface area contributed by atoms with Crippen LogP contribution in [0.25, 0.3) is 10.3 Å². The second-order valence-corrected chi connectivity index (χ2v) is 4.21. The van der Waals surface area contributed by atoms with Gasteiger partial charge in [-0.15, -0.1) is 11.3 Å². The maximum absolute atomic E-state index is 4.13. The largest absolute Gasteiger partial charge is 0.252 e. The van der Waals surface area contributed by atoms with E-state index in [-0.39, 0.29) is 0 Å². The average Bonchev–Trinajstić information content (AvgIpc) is 2.27. The maximum atomic E-state index is 4.13. The molecule has 2 aromatic rings. The second-order valence-electron chi connectivity index (χ2n) is 1.80. The Morgan fingerprint density at radius 3 is 2.90 bits per heavy atom. The number of rotatable bonds is 0. The third kappa shape index (κ3) is 0.932. The Morgan fingerprint density at radius 2 is 2.10 bits per heavy atom.